The van der Waals surface area contributed by atoms with Crippen molar-refractivity contribution in [2.45, 2.75) is 56.9 Å². The van der Waals surface area contributed by atoms with Crippen molar-refractivity contribution in [3.63, 3.8) is 0 Å². The predicted octanol–water partition coefficient (Wildman–Crippen LogP) is 3.61. The number of fused-ring (bicyclic) bond motifs is 1. The molecule has 3 heterocycles. The van der Waals surface area contributed by atoms with Gasteiger partial charge in [-0.15, -0.1) is 11.8 Å². The molecule has 0 N–H and O–H groups in total. The Labute approximate surface area is 155 Å². The Bertz CT molecular complexity index is 709. The molecule has 1 atom stereocenters. The minimum atomic E-state index is 0.708. The van der Waals surface area contributed by atoms with Gasteiger partial charge in [-0.2, -0.15) is 5.10 Å². The van der Waals surface area contributed by atoms with Gasteiger partial charge in [-0.05, 0) is 56.3 Å². The third-order valence-corrected chi connectivity index (χ3v) is 6.29. The summed E-state index contributed by atoms with van der Waals surface area (Å²) in [6, 6.07) is 12.0. The molecule has 2 aromatic rings. The monoisotopic (exact) mass is 356 g/mol. The summed E-state index contributed by atoms with van der Waals surface area (Å²) in [5.74, 6) is 0. The van der Waals surface area contributed by atoms with Gasteiger partial charge in [0, 0.05) is 37.1 Å². The van der Waals surface area contributed by atoms with Gasteiger partial charge in [0.25, 0.3) is 0 Å². The first-order chi connectivity index (χ1) is 12.2. The Balaban J connectivity index is 1.38. The Morgan fingerprint density at radius 3 is 2.68 bits per heavy atom. The van der Waals surface area contributed by atoms with E-state index in [1.807, 2.05) is 0 Å². The zero-order valence-corrected chi connectivity index (χ0v) is 16.1. The van der Waals surface area contributed by atoms with Gasteiger partial charge < -0.3 is 0 Å². The zero-order valence-electron chi connectivity index (χ0n) is 15.3. The second-order valence-corrected chi connectivity index (χ2v) is 8.25. The molecule has 134 valence electrons. The van der Waals surface area contributed by atoms with Crippen LogP contribution in [0, 0.1) is 0 Å². The fourth-order valence-electron chi connectivity index (χ4n) is 4.02. The maximum atomic E-state index is 4.86. The molecule has 2 aliphatic heterocycles. The van der Waals surface area contributed by atoms with Gasteiger partial charge in [0.15, 0.2) is 0 Å². The van der Waals surface area contributed by atoms with Crippen molar-refractivity contribution in [3.8, 4) is 0 Å². The molecule has 0 bridgehead atoms. The number of hydrogen-bond donors (Lipinski definition) is 0. The van der Waals surface area contributed by atoms with Crippen molar-refractivity contribution in [2.24, 2.45) is 0 Å². The normalized spacial score (nSPS) is 21.6. The molecule has 1 fully saturated rings. The third kappa shape index (κ3) is 3.94. The van der Waals surface area contributed by atoms with Crippen LogP contribution in [0.15, 0.2) is 35.2 Å². The van der Waals surface area contributed by atoms with Crippen LogP contribution in [0.25, 0.3) is 0 Å². The highest BCUT2D eigenvalue weighted by molar-refractivity contribution is 7.98. The Morgan fingerprint density at radius 1 is 1.12 bits per heavy atom. The van der Waals surface area contributed by atoms with Gasteiger partial charge in [0.2, 0.25) is 0 Å². The van der Waals surface area contributed by atoms with Crippen LogP contribution in [0.3, 0.4) is 0 Å². The molecule has 0 spiro atoms. The van der Waals surface area contributed by atoms with Crippen molar-refractivity contribution in [1.82, 2.24) is 19.6 Å². The Kier molecular flexibility index (Phi) is 5.15. The number of hydrogen-bond acceptors (Lipinski definition) is 4. The molecule has 1 aromatic heterocycles. The lowest BCUT2D eigenvalue weighted by atomic mass is 10.2. The summed E-state index contributed by atoms with van der Waals surface area (Å²) in [6.07, 6.45) is 4.79. The van der Waals surface area contributed by atoms with E-state index in [-0.39, 0.29) is 0 Å². The van der Waals surface area contributed by atoms with Gasteiger partial charge in [-0.1, -0.05) is 12.1 Å². The Hall–Kier alpha value is -1.30. The van der Waals surface area contributed by atoms with E-state index >= 15 is 0 Å². The SMILES string of the molecule is CSc1ccc(CN2CCn3nc(CN4CCC[C@H]4C)cc3C2)cc1. The minimum absolute atomic E-state index is 0.708. The first kappa shape index (κ1) is 17.1. The average molecular weight is 357 g/mol. The molecule has 2 aliphatic rings. The summed E-state index contributed by atoms with van der Waals surface area (Å²) in [6.45, 7) is 8.70. The quantitative estimate of drug-likeness (QED) is 0.764. The summed E-state index contributed by atoms with van der Waals surface area (Å²) in [4.78, 5) is 6.44. The average Bonchev–Trinajstić information content (AvgIpc) is 3.21. The fraction of sp³-hybridized carbons (Fsp3) is 0.550. The zero-order chi connectivity index (χ0) is 17.2. The van der Waals surface area contributed by atoms with E-state index in [2.05, 4.69) is 58.0 Å². The molecule has 4 nitrogen and oxygen atoms in total. The van der Waals surface area contributed by atoms with E-state index in [0.29, 0.717) is 6.04 Å². The first-order valence-electron chi connectivity index (χ1n) is 9.36. The molecular weight excluding hydrogens is 328 g/mol. The first-order valence-corrected chi connectivity index (χ1v) is 10.6. The number of rotatable bonds is 5. The van der Waals surface area contributed by atoms with E-state index in [1.54, 1.807) is 11.8 Å². The van der Waals surface area contributed by atoms with Crippen LogP contribution < -0.4 is 0 Å². The van der Waals surface area contributed by atoms with Gasteiger partial charge in [-0.25, -0.2) is 0 Å². The second-order valence-electron chi connectivity index (χ2n) is 7.37. The smallest absolute Gasteiger partial charge is 0.0768 e. The van der Waals surface area contributed by atoms with Gasteiger partial charge in [-0.3, -0.25) is 14.5 Å². The second kappa shape index (κ2) is 7.52. The summed E-state index contributed by atoms with van der Waals surface area (Å²) >= 11 is 1.80. The molecule has 25 heavy (non-hydrogen) atoms. The van der Waals surface area contributed by atoms with Crippen LogP contribution in [0.2, 0.25) is 0 Å². The highest BCUT2D eigenvalue weighted by atomic mass is 32.2. The maximum Gasteiger partial charge on any atom is 0.0768 e. The number of thioether (sulfide) groups is 1. The largest absolute Gasteiger partial charge is 0.295 e. The van der Waals surface area contributed by atoms with E-state index in [0.717, 1.165) is 32.7 Å². The van der Waals surface area contributed by atoms with Crippen molar-refractivity contribution in [1.29, 1.82) is 0 Å². The summed E-state index contributed by atoms with van der Waals surface area (Å²) in [5.41, 5.74) is 4.01. The third-order valence-electron chi connectivity index (χ3n) is 5.55. The Morgan fingerprint density at radius 2 is 1.96 bits per heavy atom. The standard InChI is InChI=1S/C20H28N4S/c1-16-4-3-9-23(16)14-18-12-19-15-22(10-11-24(19)21-18)13-17-5-7-20(25-2)8-6-17/h5-8,12,16H,3-4,9-11,13-15H2,1-2H3/t16-/m1/s1. The van der Waals surface area contributed by atoms with Gasteiger partial charge >= 0.3 is 0 Å². The molecule has 0 unspecified atom stereocenters. The lowest BCUT2D eigenvalue weighted by Gasteiger charge is -2.27. The van der Waals surface area contributed by atoms with E-state index < -0.39 is 0 Å². The van der Waals surface area contributed by atoms with Crippen LogP contribution in [0.5, 0.6) is 0 Å². The number of aromatic nitrogens is 2. The number of benzene rings is 1. The lowest BCUT2D eigenvalue weighted by Crippen LogP contribution is -2.33. The number of likely N-dealkylation sites (tertiary alicyclic amines) is 1. The highest BCUT2D eigenvalue weighted by Crippen LogP contribution is 2.22. The number of nitrogens with zero attached hydrogens (tertiary/aromatic N) is 4. The minimum Gasteiger partial charge on any atom is -0.295 e. The summed E-state index contributed by atoms with van der Waals surface area (Å²) in [7, 11) is 0. The molecule has 0 radical (unpaired) electrons. The van der Waals surface area contributed by atoms with Crippen molar-refractivity contribution < 1.29 is 0 Å². The fourth-order valence-corrected chi connectivity index (χ4v) is 4.43. The van der Waals surface area contributed by atoms with Crippen LogP contribution >= 0.6 is 11.8 Å². The van der Waals surface area contributed by atoms with Crippen LogP contribution in [-0.4, -0.2) is 45.0 Å². The molecule has 4 rings (SSSR count). The molecule has 0 amide bonds. The summed E-state index contributed by atoms with van der Waals surface area (Å²) < 4.78 is 2.23. The highest BCUT2D eigenvalue weighted by Gasteiger charge is 2.23. The molecule has 1 saturated heterocycles. The predicted molar refractivity (Wildman–Crippen MR) is 104 cm³/mol. The topological polar surface area (TPSA) is 24.3 Å². The maximum absolute atomic E-state index is 4.86. The van der Waals surface area contributed by atoms with Crippen LogP contribution in [0.4, 0.5) is 0 Å². The summed E-state index contributed by atoms with van der Waals surface area (Å²) in [5, 5.41) is 4.86. The molecule has 5 heteroatoms. The van der Waals surface area contributed by atoms with Crippen LogP contribution in [-0.2, 0) is 26.2 Å². The molecular formula is C20H28N4S. The van der Waals surface area contributed by atoms with E-state index in [4.69, 9.17) is 5.10 Å². The molecule has 0 saturated carbocycles. The van der Waals surface area contributed by atoms with Crippen molar-refractivity contribution in [2.75, 3.05) is 19.3 Å². The van der Waals surface area contributed by atoms with Crippen molar-refractivity contribution >= 4 is 11.8 Å². The molecule has 0 aliphatic carbocycles. The van der Waals surface area contributed by atoms with E-state index in [1.165, 1.54) is 41.2 Å². The molecule has 1 aromatic carbocycles. The van der Waals surface area contributed by atoms with Crippen molar-refractivity contribution in [3.05, 3.63) is 47.3 Å². The van der Waals surface area contributed by atoms with E-state index in [9.17, 15) is 0 Å². The van der Waals surface area contributed by atoms with Gasteiger partial charge in [0.1, 0.15) is 0 Å². The van der Waals surface area contributed by atoms with Crippen LogP contribution in [0.1, 0.15) is 36.7 Å². The lowest BCUT2D eigenvalue weighted by molar-refractivity contribution is 0.204. The van der Waals surface area contributed by atoms with Gasteiger partial charge in [0.05, 0.1) is 17.9 Å².